The summed E-state index contributed by atoms with van der Waals surface area (Å²) in [5, 5.41) is 0. The molecule has 1 rings (SSSR count). The molecule has 1 fully saturated rings. The minimum atomic E-state index is -0.553. The van der Waals surface area contributed by atoms with Crippen LogP contribution in [0.5, 0.6) is 0 Å². The maximum absolute atomic E-state index is 11.3. The van der Waals surface area contributed by atoms with Crippen molar-refractivity contribution in [2.75, 3.05) is 0 Å². The minimum Gasteiger partial charge on any atom is -0.271 e. The molecule has 2 unspecified atom stereocenters. The van der Waals surface area contributed by atoms with E-state index >= 15 is 0 Å². The van der Waals surface area contributed by atoms with Crippen LogP contribution in [0.2, 0.25) is 0 Å². The normalized spacial score (nSPS) is 23.8. The van der Waals surface area contributed by atoms with E-state index in [1.807, 2.05) is 0 Å². The fourth-order valence-corrected chi connectivity index (χ4v) is 1.91. The molecule has 0 aromatic heterocycles. The van der Waals surface area contributed by atoms with Gasteiger partial charge in [0, 0.05) is 11.8 Å². The molecule has 0 saturated heterocycles. The first kappa shape index (κ1) is 12.2. The van der Waals surface area contributed by atoms with Gasteiger partial charge in [0.05, 0.1) is 0 Å². The van der Waals surface area contributed by atoms with E-state index in [1.165, 1.54) is 12.2 Å². The Kier molecular flexibility index (Phi) is 4.45. The molecule has 0 aliphatic heterocycles. The Hall–Kier alpha value is -1.90. The second-order valence-electron chi connectivity index (χ2n) is 3.64. The third-order valence-electron chi connectivity index (χ3n) is 2.68. The van der Waals surface area contributed by atoms with E-state index in [0.29, 0.717) is 19.3 Å². The summed E-state index contributed by atoms with van der Waals surface area (Å²) in [5.74, 6) is -1.98. The molecule has 1 saturated carbocycles. The molecule has 0 aromatic rings. The lowest BCUT2D eigenvalue weighted by Crippen LogP contribution is -2.25. The predicted molar refractivity (Wildman–Crippen MR) is 51.7 cm³/mol. The van der Waals surface area contributed by atoms with Gasteiger partial charge < -0.3 is 0 Å². The zero-order valence-corrected chi connectivity index (χ0v) is 8.51. The average Bonchev–Trinajstić information content (AvgIpc) is 2.30. The summed E-state index contributed by atoms with van der Waals surface area (Å²) in [6.45, 7) is 0. The molecule has 0 bridgehead atoms. The van der Waals surface area contributed by atoms with Crippen LogP contribution in [0, 0.1) is 11.8 Å². The van der Waals surface area contributed by atoms with E-state index in [2.05, 4.69) is 9.98 Å². The van der Waals surface area contributed by atoms with Gasteiger partial charge in [0.15, 0.2) is 0 Å². The van der Waals surface area contributed by atoms with Crippen LogP contribution >= 0.6 is 0 Å². The maximum Gasteiger partial charge on any atom is 0.259 e. The van der Waals surface area contributed by atoms with Crippen LogP contribution < -0.4 is 0 Å². The van der Waals surface area contributed by atoms with Crippen LogP contribution in [-0.2, 0) is 19.2 Å². The van der Waals surface area contributed by atoms with E-state index in [0.717, 1.165) is 0 Å². The highest BCUT2D eigenvalue weighted by atomic mass is 16.2. The van der Waals surface area contributed by atoms with Gasteiger partial charge in [-0.1, -0.05) is 6.42 Å². The largest absolute Gasteiger partial charge is 0.271 e. The summed E-state index contributed by atoms with van der Waals surface area (Å²) in [6, 6.07) is 0. The molecule has 0 aromatic carbocycles. The molecule has 2 amide bonds. The van der Waals surface area contributed by atoms with Crippen LogP contribution in [0.4, 0.5) is 0 Å². The number of amides is 2. The Bertz CT molecular complexity index is 356. The van der Waals surface area contributed by atoms with Gasteiger partial charge in [-0.25, -0.2) is 9.59 Å². The molecule has 0 radical (unpaired) electrons. The molecule has 2 atom stereocenters. The fraction of sp³-hybridized carbons (Fsp3) is 0.600. The number of carbonyl (C=O) groups is 2. The number of hydrogen-bond donors (Lipinski definition) is 0. The van der Waals surface area contributed by atoms with Crippen LogP contribution in [0.25, 0.3) is 0 Å². The molecule has 0 heterocycles. The number of rotatable bonds is 2. The average molecular weight is 222 g/mol. The van der Waals surface area contributed by atoms with Gasteiger partial charge in [-0.3, -0.25) is 9.59 Å². The van der Waals surface area contributed by atoms with Crippen molar-refractivity contribution in [3.8, 4) is 0 Å². The molecule has 6 heteroatoms. The van der Waals surface area contributed by atoms with E-state index in [-0.39, 0.29) is 6.42 Å². The molecule has 16 heavy (non-hydrogen) atoms. The fourth-order valence-electron chi connectivity index (χ4n) is 1.91. The summed E-state index contributed by atoms with van der Waals surface area (Å²) in [7, 11) is 0. The van der Waals surface area contributed by atoms with Gasteiger partial charge in [-0.15, -0.1) is 9.98 Å². The number of carbonyl (C=O) groups excluding carboxylic acids is 4. The molecule has 1 aliphatic carbocycles. The number of hydrogen-bond acceptors (Lipinski definition) is 4. The molecular formula is C10H10N2O4. The highest BCUT2D eigenvalue weighted by molar-refractivity contribution is 5.87. The molecular weight excluding hydrogens is 212 g/mol. The lowest BCUT2D eigenvalue weighted by Gasteiger charge is -2.23. The van der Waals surface area contributed by atoms with Gasteiger partial charge in [-0.05, 0) is 19.3 Å². The van der Waals surface area contributed by atoms with E-state index in [1.54, 1.807) is 0 Å². The van der Waals surface area contributed by atoms with E-state index in [4.69, 9.17) is 0 Å². The molecule has 6 nitrogen and oxygen atoms in total. The quantitative estimate of drug-likeness (QED) is 0.502. The summed E-state index contributed by atoms with van der Waals surface area (Å²) < 4.78 is 0. The monoisotopic (exact) mass is 222 g/mol. The smallest absolute Gasteiger partial charge is 0.259 e. The minimum absolute atomic E-state index is 0.286. The van der Waals surface area contributed by atoms with E-state index in [9.17, 15) is 19.2 Å². The first-order valence-electron chi connectivity index (χ1n) is 4.92. The molecule has 1 aliphatic rings. The van der Waals surface area contributed by atoms with Crippen LogP contribution in [0.1, 0.15) is 25.7 Å². The predicted octanol–water partition coefficient (Wildman–Crippen LogP) is 0.518. The van der Waals surface area contributed by atoms with Gasteiger partial charge >= 0.3 is 0 Å². The highest BCUT2D eigenvalue weighted by Crippen LogP contribution is 2.30. The molecule has 84 valence electrons. The first-order valence-corrected chi connectivity index (χ1v) is 4.92. The second-order valence-corrected chi connectivity index (χ2v) is 3.64. The Morgan fingerprint density at radius 1 is 0.938 bits per heavy atom. The SMILES string of the molecule is O=C=NC(=O)C1CCCC(C(=O)N=C=O)C1. The molecule has 0 N–H and O–H groups in total. The van der Waals surface area contributed by atoms with Crippen molar-refractivity contribution in [3.05, 3.63) is 0 Å². The molecule has 0 spiro atoms. The number of isocyanates is 2. The summed E-state index contributed by atoms with van der Waals surface area (Å²) in [4.78, 5) is 48.5. The van der Waals surface area contributed by atoms with Crippen LogP contribution in [0.3, 0.4) is 0 Å². The van der Waals surface area contributed by atoms with Crippen molar-refractivity contribution in [2.45, 2.75) is 25.7 Å². The van der Waals surface area contributed by atoms with Crippen molar-refractivity contribution in [1.82, 2.24) is 0 Å². The Labute approximate surface area is 91.5 Å². The van der Waals surface area contributed by atoms with Gasteiger partial charge in [0.1, 0.15) is 0 Å². The highest BCUT2D eigenvalue weighted by Gasteiger charge is 2.31. The van der Waals surface area contributed by atoms with Gasteiger partial charge in [0.25, 0.3) is 11.8 Å². The zero-order chi connectivity index (χ0) is 12.0. The maximum atomic E-state index is 11.3. The van der Waals surface area contributed by atoms with Crippen LogP contribution in [-0.4, -0.2) is 24.0 Å². The van der Waals surface area contributed by atoms with Gasteiger partial charge in [-0.2, -0.15) is 0 Å². The van der Waals surface area contributed by atoms with Crippen molar-refractivity contribution >= 4 is 24.0 Å². The third-order valence-corrected chi connectivity index (χ3v) is 2.68. The Balaban J connectivity index is 2.66. The van der Waals surface area contributed by atoms with E-state index < -0.39 is 23.7 Å². The number of aliphatic imine (C=N–C) groups is 2. The Morgan fingerprint density at radius 3 is 1.75 bits per heavy atom. The number of nitrogens with zero attached hydrogens (tertiary/aromatic N) is 2. The van der Waals surface area contributed by atoms with Crippen molar-refractivity contribution in [2.24, 2.45) is 21.8 Å². The Morgan fingerprint density at radius 2 is 1.38 bits per heavy atom. The zero-order valence-electron chi connectivity index (χ0n) is 8.51. The summed E-state index contributed by atoms with van der Waals surface area (Å²) in [6.07, 6.45) is 4.53. The topological polar surface area (TPSA) is 93.0 Å². The third kappa shape index (κ3) is 3.05. The lowest BCUT2D eigenvalue weighted by atomic mass is 9.80. The second kappa shape index (κ2) is 5.85. The van der Waals surface area contributed by atoms with Crippen molar-refractivity contribution < 1.29 is 19.2 Å². The van der Waals surface area contributed by atoms with Crippen molar-refractivity contribution in [1.29, 1.82) is 0 Å². The van der Waals surface area contributed by atoms with Crippen molar-refractivity contribution in [3.63, 3.8) is 0 Å². The first-order chi connectivity index (χ1) is 7.69. The lowest BCUT2D eigenvalue weighted by molar-refractivity contribution is -0.126. The summed E-state index contributed by atoms with van der Waals surface area (Å²) >= 11 is 0. The summed E-state index contributed by atoms with van der Waals surface area (Å²) in [5.41, 5.74) is 0. The standard InChI is InChI=1S/C10H10N2O4/c13-5-11-9(15)7-2-1-3-8(4-7)10(16)12-6-14/h7-8H,1-4H2. The van der Waals surface area contributed by atoms with Gasteiger partial charge in [0.2, 0.25) is 12.2 Å². The van der Waals surface area contributed by atoms with Crippen LogP contribution in [0.15, 0.2) is 9.98 Å².